The molecular formula is C24H22F2N2O3. The molecule has 4 rings (SSSR count). The van der Waals surface area contributed by atoms with Crippen LogP contribution in [0.2, 0.25) is 0 Å². The van der Waals surface area contributed by atoms with E-state index in [1.807, 2.05) is 24.3 Å². The Morgan fingerprint density at radius 1 is 1.10 bits per heavy atom. The number of carbonyl (C=O) groups excluding carboxylic acids is 1. The minimum Gasteiger partial charge on any atom is -0.504 e. The van der Waals surface area contributed by atoms with Crippen LogP contribution in [0.5, 0.6) is 11.5 Å². The number of fused-ring (bicyclic) bond motifs is 1. The van der Waals surface area contributed by atoms with Gasteiger partial charge >= 0.3 is 6.03 Å². The van der Waals surface area contributed by atoms with E-state index in [1.54, 1.807) is 17.0 Å². The fourth-order valence-corrected chi connectivity index (χ4v) is 3.92. The van der Waals surface area contributed by atoms with Gasteiger partial charge in [0.15, 0.2) is 11.5 Å². The number of ether oxygens (including phenoxy) is 1. The lowest BCUT2D eigenvalue weighted by atomic mass is 10.1. The number of urea groups is 1. The minimum atomic E-state index is -0.839. The van der Waals surface area contributed by atoms with Crippen molar-refractivity contribution in [3.8, 4) is 11.5 Å². The number of amides is 2. The number of methoxy groups -OCH3 is 1. The molecule has 3 aromatic rings. The largest absolute Gasteiger partial charge is 0.504 e. The molecular weight excluding hydrogens is 402 g/mol. The number of rotatable bonds is 5. The Morgan fingerprint density at radius 2 is 1.81 bits per heavy atom. The van der Waals surface area contributed by atoms with Gasteiger partial charge < -0.3 is 20.1 Å². The first-order chi connectivity index (χ1) is 14.9. The Bertz CT molecular complexity index is 1090. The van der Waals surface area contributed by atoms with Gasteiger partial charge in [-0.05, 0) is 53.8 Å². The number of aromatic hydroxyl groups is 1. The van der Waals surface area contributed by atoms with Gasteiger partial charge in [0.25, 0.3) is 0 Å². The molecule has 7 heteroatoms. The summed E-state index contributed by atoms with van der Waals surface area (Å²) >= 11 is 0. The van der Waals surface area contributed by atoms with Gasteiger partial charge in [-0.2, -0.15) is 0 Å². The SMILES string of the molecule is COc1cc(CN(C(=O)Nc2ccc(F)cc2F)C2Cc3ccccc3C2)ccc1O. The number of phenols is 1. The molecule has 1 aliphatic rings. The fraction of sp³-hybridized carbons (Fsp3) is 0.208. The van der Waals surface area contributed by atoms with E-state index in [0.717, 1.165) is 17.7 Å². The average Bonchev–Trinajstić information content (AvgIpc) is 3.18. The van der Waals surface area contributed by atoms with Crippen molar-refractivity contribution in [2.24, 2.45) is 0 Å². The maximum atomic E-state index is 14.1. The Balaban J connectivity index is 1.61. The molecule has 0 atom stereocenters. The standard InChI is InChI=1S/C24H22F2N2O3/c1-31-23-10-15(6-9-22(23)29)14-28(19-11-16-4-2-3-5-17(16)12-19)24(30)27-21-8-7-18(25)13-20(21)26/h2-10,13,19,29H,11-12,14H2,1H3,(H,27,30). The molecule has 0 heterocycles. The molecule has 160 valence electrons. The second kappa shape index (κ2) is 8.63. The van der Waals surface area contributed by atoms with Crippen molar-refractivity contribution in [2.45, 2.75) is 25.4 Å². The Kier molecular flexibility index (Phi) is 5.75. The molecule has 0 aromatic heterocycles. The lowest BCUT2D eigenvalue weighted by Gasteiger charge is -2.29. The monoisotopic (exact) mass is 424 g/mol. The van der Waals surface area contributed by atoms with E-state index in [2.05, 4.69) is 5.32 Å². The zero-order valence-corrected chi connectivity index (χ0v) is 16.9. The van der Waals surface area contributed by atoms with Crippen LogP contribution in [-0.2, 0) is 19.4 Å². The summed E-state index contributed by atoms with van der Waals surface area (Å²) in [5.74, 6) is -1.25. The predicted molar refractivity (Wildman–Crippen MR) is 113 cm³/mol. The molecule has 31 heavy (non-hydrogen) atoms. The first-order valence-electron chi connectivity index (χ1n) is 9.90. The number of nitrogens with zero attached hydrogens (tertiary/aromatic N) is 1. The molecule has 0 radical (unpaired) electrons. The highest BCUT2D eigenvalue weighted by Crippen LogP contribution is 2.30. The number of anilines is 1. The molecule has 5 nitrogen and oxygen atoms in total. The summed E-state index contributed by atoms with van der Waals surface area (Å²) in [5.41, 5.74) is 3.00. The highest BCUT2D eigenvalue weighted by atomic mass is 19.1. The fourth-order valence-electron chi connectivity index (χ4n) is 3.92. The van der Waals surface area contributed by atoms with Crippen LogP contribution in [0.1, 0.15) is 16.7 Å². The quantitative estimate of drug-likeness (QED) is 0.614. The van der Waals surface area contributed by atoms with Crippen LogP contribution in [-0.4, -0.2) is 29.2 Å². The molecule has 0 saturated heterocycles. The average molecular weight is 424 g/mol. The summed E-state index contributed by atoms with van der Waals surface area (Å²) in [6.45, 7) is 0.226. The van der Waals surface area contributed by atoms with Gasteiger partial charge in [0, 0.05) is 18.7 Å². The first-order valence-corrected chi connectivity index (χ1v) is 9.90. The molecule has 2 N–H and O–H groups in total. The molecule has 2 amide bonds. The zero-order valence-electron chi connectivity index (χ0n) is 16.9. The van der Waals surface area contributed by atoms with Gasteiger partial charge in [0.2, 0.25) is 0 Å². The van der Waals surface area contributed by atoms with Crippen LogP contribution < -0.4 is 10.1 Å². The first kappa shape index (κ1) is 20.7. The molecule has 0 saturated carbocycles. The summed E-state index contributed by atoms with van der Waals surface area (Å²) < 4.78 is 32.5. The third-order valence-electron chi connectivity index (χ3n) is 5.50. The number of halogens is 2. The van der Waals surface area contributed by atoms with Gasteiger partial charge in [0.1, 0.15) is 11.6 Å². The van der Waals surface area contributed by atoms with Gasteiger partial charge in [-0.25, -0.2) is 13.6 Å². The molecule has 0 fully saturated rings. The summed E-state index contributed by atoms with van der Waals surface area (Å²) in [5, 5.41) is 12.4. The van der Waals surface area contributed by atoms with E-state index in [-0.39, 0.29) is 24.0 Å². The molecule has 0 aliphatic heterocycles. The van der Waals surface area contributed by atoms with E-state index in [9.17, 15) is 18.7 Å². The Labute approximate surface area is 178 Å². The van der Waals surface area contributed by atoms with Crippen molar-refractivity contribution in [1.29, 1.82) is 0 Å². The maximum absolute atomic E-state index is 14.1. The Hall–Kier alpha value is -3.61. The predicted octanol–water partition coefficient (Wildman–Crippen LogP) is 4.88. The van der Waals surface area contributed by atoms with Gasteiger partial charge in [-0.15, -0.1) is 0 Å². The molecule has 0 spiro atoms. The summed E-state index contributed by atoms with van der Waals surface area (Å²) in [6.07, 6.45) is 1.34. The van der Waals surface area contributed by atoms with E-state index in [4.69, 9.17) is 4.74 Å². The van der Waals surface area contributed by atoms with Crippen LogP contribution in [0, 0.1) is 11.6 Å². The smallest absolute Gasteiger partial charge is 0.322 e. The van der Waals surface area contributed by atoms with Crippen LogP contribution in [0.25, 0.3) is 0 Å². The number of carbonyl (C=O) groups is 1. The third kappa shape index (κ3) is 4.45. The van der Waals surface area contributed by atoms with Crippen molar-refractivity contribution >= 4 is 11.7 Å². The summed E-state index contributed by atoms with van der Waals surface area (Å²) in [4.78, 5) is 14.8. The van der Waals surface area contributed by atoms with E-state index in [0.29, 0.717) is 18.6 Å². The van der Waals surface area contributed by atoms with E-state index < -0.39 is 17.7 Å². The van der Waals surface area contributed by atoms with Crippen molar-refractivity contribution in [2.75, 3.05) is 12.4 Å². The van der Waals surface area contributed by atoms with Crippen molar-refractivity contribution in [3.63, 3.8) is 0 Å². The lowest BCUT2D eigenvalue weighted by Crippen LogP contribution is -2.43. The van der Waals surface area contributed by atoms with Crippen molar-refractivity contribution < 1.29 is 23.4 Å². The highest BCUT2D eigenvalue weighted by Gasteiger charge is 2.30. The second-order valence-electron chi connectivity index (χ2n) is 7.52. The van der Waals surface area contributed by atoms with Crippen molar-refractivity contribution in [1.82, 2.24) is 4.90 Å². The van der Waals surface area contributed by atoms with Crippen LogP contribution in [0.3, 0.4) is 0 Å². The number of phenolic OH excluding ortho intramolecular Hbond substituents is 1. The summed E-state index contributed by atoms with van der Waals surface area (Å²) in [6, 6.07) is 15.3. The van der Waals surface area contributed by atoms with Crippen molar-refractivity contribution in [3.05, 3.63) is 89.0 Å². The molecule has 3 aromatic carbocycles. The normalized spacial score (nSPS) is 13.0. The second-order valence-corrected chi connectivity index (χ2v) is 7.52. The number of nitrogens with one attached hydrogen (secondary N) is 1. The number of hydrogen-bond acceptors (Lipinski definition) is 3. The van der Waals surface area contributed by atoms with Gasteiger partial charge in [-0.1, -0.05) is 30.3 Å². The molecule has 0 bridgehead atoms. The zero-order chi connectivity index (χ0) is 22.0. The van der Waals surface area contributed by atoms with Crippen LogP contribution in [0.4, 0.5) is 19.3 Å². The molecule has 1 aliphatic carbocycles. The van der Waals surface area contributed by atoms with Gasteiger partial charge in [-0.3, -0.25) is 0 Å². The van der Waals surface area contributed by atoms with Crippen LogP contribution in [0.15, 0.2) is 60.7 Å². The molecule has 0 unspecified atom stereocenters. The Morgan fingerprint density at radius 3 is 2.45 bits per heavy atom. The highest BCUT2D eigenvalue weighted by molar-refractivity contribution is 5.89. The lowest BCUT2D eigenvalue weighted by molar-refractivity contribution is 0.185. The van der Waals surface area contributed by atoms with E-state index in [1.165, 1.54) is 30.4 Å². The van der Waals surface area contributed by atoms with E-state index >= 15 is 0 Å². The third-order valence-corrected chi connectivity index (χ3v) is 5.50. The van der Waals surface area contributed by atoms with Gasteiger partial charge in [0.05, 0.1) is 12.8 Å². The van der Waals surface area contributed by atoms with Crippen LogP contribution >= 0.6 is 0 Å². The number of hydrogen-bond donors (Lipinski definition) is 2. The summed E-state index contributed by atoms with van der Waals surface area (Å²) in [7, 11) is 1.45. The maximum Gasteiger partial charge on any atom is 0.322 e. The minimum absolute atomic E-state index is 0.00362. The number of benzene rings is 3. The topological polar surface area (TPSA) is 61.8 Å².